The summed E-state index contributed by atoms with van der Waals surface area (Å²) in [5.74, 6) is 2.56. The summed E-state index contributed by atoms with van der Waals surface area (Å²) in [6.45, 7) is 1.87. The van der Waals surface area contributed by atoms with Gasteiger partial charge in [-0.2, -0.15) is 5.10 Å². The van der Waals surface area contributed by atoms with E-state index in [4.69, 9.17) is 16.7 Å². The third kappa shape index (κ3) is 3.18. The number of rotatable bonds is 3. The van der Waals surface area contributed by atoms with Crippen molar-refractivity contribution < 1.29 is 4.79 Å². The number of carbonyl (C=O) groups excluding carboxylic acids is 1. The molecular formula is C24H29ClN4O. The molecule has 5 nitrogen and oxygen atoms in total. The number of aromatic nitrogens is 2. The van der Waals surface area contributed by atoms with Crippen LogP contribution < -0.4 is 5.43 Å². The number of benzene rings is 1. The Bertz CT molecular complexity index is 948. The lowest BCUT2D eigenvalue weighted by Crippen LogP contribution is -2.45. The minimum absolute atomic E-state index is 0.0258. The Labute approximate surface area is 182 Å². The highest BCUT2D eigenvalue weighted by Crippen LogP contribution is 2.57. The van der Waals surface area contributed by atoms with E-state index >= 15 is 0 Å². The summed E-state index contributed by atoms with van der Waals surface area (Å²) in [7, 11) is 0. The van der Waals surface area contributed by atoms with Crippen molar-refractivity contribution in [1.29, 1.82) is 0 Å². The molecule has 0 radical (unpaired) electrons. The van der Waals surface area contributed by atoms with Crippen LogP contribution in [-0.4, -0.2) is 33.8 Å². The fraction of sp³-hybridized carbons (Fsp3) is 0.583. The molecule has 1 saturated heterocycles. The van der Waals surface area contributed by atoms with E-state index in [-0.39, 0.29) is 5.91 Å². The van der Waals surface area contributed by atoms with Crippen LogP contribution in [0, 0.1) is 11.8 Å². The van der Waals surface area contributed by atoms with Crippen LogP contribution in [-0.2, 0) is 0 Å². The van der Waals surface area contributed by atoms with Gasteiger partial charge < -0.3 is 0 Å². The second-order valence-electron chi connectivity index (χ2n) is 9.83. The molecule has 0 spiro atoms. The van der Waals surface area contributed by atoms with Gasteiger partial charge in [-0.1, -0.05) is 18.0 Å². The predicted molar refractivity (Wildman–Crippen MR) is 117 cm³/mol. The van der Waals surface area contributed by atoms with E-state index in [2.05, 4.69) is 15.1 Å². The zero-order chi connectivity index (χ0) is 20.2. The molecule has 7 rings (SSSR count). The Kier molecular flexibility index (Phi) is 4.65. The number of halogens is 1. The lowest BCUT2D eigenvalue weighted by Gasteiger charge is -2.38. The highest BCUT2D eigenvalue weighted by atomic mass is 35.5. The Hall–Kier alpha value is -1.85. The molecule has 30 heavy (non-hydrogen) atoms. The van der Waals surface area contributed by atoms with Gasteiger partial charge in [0.15, 0.2) is 5.69 Å². The number of piperidine rings is 1. The van der Waals surface area contributed by atoms with Crippen molar-refractivity contribution in [1.82, 2.24) is 20.2 Å². The van der Waals surface area contributed by atoms with Gasteiger partial charge in [0.2, 0.25) is 0 Å². The zero-order valence-electron chi connectivity index (χ0n) is 17.3. The lowest BCUT2D eigenvalue weighted by atomic mass is 9.67. The Morgan fingerprint density at radius 3 is 2.30 bits per heavy atom. The smallest absolute Gasteiger partial charge is 0.283 e. The van der Waals surface area contributed by atoms with Crippen molar-refractivity contribution in [3.8, 4) is 5.69 Å². The zero-order valence-corrected chi connectivity index (χ0v) is 18.1. The van der Waals surface area contributed by atoms with E-state index in [1.54, 1.807) is 0 Å². The van der Waals surface area contributed by atoms with Crippen LogP contribution >= 0.6 is 11.6 Å². The third-order valence-corrected chi connectivity index (χ3v) is 8.05. The van der Waals surface area contributed by atoms with Crippen molar-refractivity contribution in [3.05, 3.63) is 46.2 Å². The largest absolute Gasteiger partial charge is 0.286 e. The summed E-state index contributed by atoms with van der Waals surface area (Å²) in [5.41, 5.74) is 7.39. The van der Waals surface area contributed by atoms with E-state index < -0.39 is 0 Å². The lowest BCUT2D eigenvalue weighted by molar-refractivity contribution is 0.0741. The summed E-state index contributed by atoms with van der Waals surface area (Å²) in [6.07, 6.45) is 9.84. The van der Waals surface area contributed by atoms with Gasteiger partial charge in [-0.05, 0) is 87.0 Å². The maximum absolute atomic E-state index is 13.4. The molecule has 3 fully saturated rings. The summed E-state index contributed by atoms with van der Waals surface area (Å²) < 4.78 is 2.07. The van der Waals surface area contributed by atoms with Gasteiger partial charge in [-0.15, -0.1) is 0 Å². The van der Waals surface area contributed by atoms with Gasteiger partial charge in [-0.25, -0.2) is 9.69 Å². The topological polar surface area (TPSA) is 50.2 Å². The van der Waals surface area contributed by atoms with Crippen molar-refractivity contribution in [2.24, 2.45) is 11.8 Å². The molecule has 1 amide bonds. The molecule has 2 atom stereocenters. The first-order valence-corrected chi connectivity index (χ1v) is 12.0. The highest BCUT2D eigenvalue weighted by molar-refractivity contribution is 6.30. The average molecular weight is 425 g/mol. The number of amides is 1. The monoisotopic (exact) mass is 424 g/mol. The minimum Gasteiger partial charge on any atom is -0.283 e. The molecule has 1 aromatic carbocycles. The van der Waals surface area contributed by atoms with Gasteiger partial charge in [0.1, 0.15) is 0 Å². The second kappa shape index (κ2) is 7.38. The standard InChI is InChI=1S/C24H29ClN4O/c25-19-4-6-20(7-5-19)29-23-18-13-15-10-16(14-18)12-17(11-15)21(23)22(26-29)24(30)27-28-8-2-1-3-9-28/h4-7,15-18H,1-3,8-14H2,(H,27,30). The Morgan fingerprint density at radius 2 is 1.60 bits per heavy atom. The molecule has 6 heteroatoms. The number of hydrogen-bond acceptors (Lipinski definition) is 3. The van der Waals surface area contributed by atoms with Gasteiger partial charge in [0, 0.05) is 29.6 Å². The van der Waals surface area contributed by atoms with Crippen LogP contribution in [0.25, 0.3) is 5.69 Å². The van der Waals surface area contributed by atoms with E-state index in [0.29, 0.717) is 17.5 Å². The SMILES string of the molecule is O=C(NN1CCCCC1)c1nn(-c2ccc(Cl)cc2)c2c1C1CC3CC(C1)CC2C3. The first-order valence-electron chi connectivity index (χ1n) is 11.6. The van der Waals surface area contributed by atoms with E-state index in [0.717, 1.165) is 48.5 Å². The maximum atomic E-state index is 13.4. The van der Waals surface area contributed by atoms with Crippen LogP contribution in [0.2, 0.25) is 5.02 Å². The van der Waals surface area contributed by atoms with E-state index in [1.807, 2.05) is 24.3 Å². The maximum Gasteiger partial charge on any atom is 0.286 e. The Balaban J connectivity index is 1.45. The van der Waals surface area contributed by atoms with Gasteiger partial charge >= 0.3 is 0 Å². The molecule has 1 N–H and O–H groups in total. The molecule has 5 aliphatic rings. The fourth-order valence-electron chi connectivity index (χ4n) is 6.70. The van der Waals surface area contributed by atoms with E-state index in [1.165, 1.54) is 49.8 Å². The summed E-state index contributed by atoms with van der Waals surface area (Å²) in [5, 5.41) is 7.76. The van der Waals surface area contributed by atoms with Crippen LogP contribution in [0.4, 0.5) is 0 Å². The van der Waals surface area contributed by atoms with Gasteiger partial charge in [0.25, 0.3) is 5.91 Å². The molecule has 2 heterocycles. The van der Waals surface area contributed by atoms with Crippen molar-refractivity contribution in [3.63, 3.8) is 0 Å². The van der Waals surface area contributed by atoms with Crippen LogP contribution in [0.3, 0.4) is 0 Å². The number of nitrogens with zero attached hydrogens (tertiary/aromatic N) is 3. The number of nitrogens with one attached hydrogen (secondary N) is 1. The molecule has 4 aliphatic carbocycles. The molecule has 1 aliphatic heterocycles. The molecule has 2 saturated carbocycles. The quantitative estimate of drug-likeness (QED) is 0.750. The van der Waals surface area contributed by atoms with Crippen LogP contribution in [0.1, 0.15) is 84.9 Å². The van der Waals surface area contributed by atoms with Crippen LogP contribution in [0.5, 0.6) is 0 Å². The van der Waals surface area contributed by atoms with Crippen molar-refractivity contribution in [2.75, 3.05) is 13.1 Å². The summed E-state index contributed by atoms with van der Waals surface area (Å²) in [6, 6.07) is 7.88. The van der Waals surface area contributed by atoms with Crippen LogP contribution in [0.15, 0.2) is 24.3 Å². The van der Waals surface area contributed by atoms with E-state index in [9.17, 15) is 4.79 Å². The molecule has 4 bridgehead atoms. The number of carbonyl (C=O) groups is 1. The fourth-order valence-corrected chi connectivity index (χ4v) is 6.82. The molecule has 2 unspecified atom stereocenters. The van der Waals surface area contributed by atoms with Gasteiger partial charge in [-0.3, -0.25) is 10.2 Å². The second-order valence-corrected chi connectivity index (χ2v) is 10.3. The molecule has 158 valence electrons. The molecular weight excluding hydrogens is 396 g/mol. The third-order valence-electron chi connectivity index (χ3n) is 7.79. The average Bonchev–Trinajstić information content (AvgIpc) is 3.07. The first kappa shape index (κ1) is 18.9. The minimum atomic E-state index is -0.0258. The summed E-state index contributed by atoms with van der Waals surface area (Å²) in [4.78, 5) is 13.4. The van der Waals surface area contributed by atoms with Gasteiger partial charge in [0.05, 0.1) is 11.4 Å². The molecule has 1 aromatic heterocycles. The highest BCUT2D eigenvalue weighted by Gasteiger charge is 2.46. The summed E-state index contributed by atoms with van der Waals surface area (Å²) >= 11 is 6.15. The van der Waals surface area contributed by atoms with Crippen molar-refractivity contribution >= 4 is 17.5 Å². The predicted octanol–water partition coefficient (Wildman–Crippen LogP) is 5.05. The number of hydrogen-bond donors (Lipinski definition) is 1. The number of hydrazine groups is 1. The Morgan fingerprint density at radius 1 is 0.933 bits per heavy atom. The van der Waals surface area contributed by atoms with Crippen molar-refractivity contribution in [2.45, 2.75) is 63.2 Å². The first-order chi connectivity index (χ1) is 14.7. The molecule has 2 aromatic rings. The normalized spacial score (nSPS) is 30.2.